The Bertz CT molecular complexity index is 502. The van der Waals surface area contributed by atoms with Crippen LogP contribution in [0.25, 0.3) is 11.3 Å². The van der Waals surface area contributed by atoms with E-state index in [1.54, 1.807) is 0 Å². The van der Waals surface area contributed by atoms with E-state index in [0.29, 0.717) is 5.69 Å². The van der Waals surface area contributed by atoms with Crippen molar-refractivity contribution in [3.8, 4) is 11.3 Å². The van der Waals surface area contributed by atoms with Crippen LogP contribution in [0.3, 0.4) is 0 Å². The van der Waals surface area contributed by atoms with E-state index < -0.39 is 0 Å². The minimum atomic E-state index is -0.0741. The lowest BCUT2D eigenvalue weighted by atomic mass is 10.1. The molecular weight excluding hydrogens is 226 g/mol. The normalized spacial score (nSPS) is 10.8. The molecule has 2 rings (SSSR count). The summed E-state index contributed by atoms with van der Waals surface area (Å²) in [5, 5.41) is 17.5. The van der Waals surface area contributed by atoms with Crippen molar-refractivity contribution in [2.24, 2.45) is 0 Å². The summed E-state index contributed by atoms with van der Waals surface area (Å²) in [4.78, 5) is 0. The molecule has 2 aromatic rings. The second-order valence-corrected chi connectivity index (χ2v) is 4.49. The number of benzene rings is 1. The van der Waals surface area contributed by atoms with Crippen LogP contribution >= 0.6 is 0 Å². The number of aromatic nitrogens is 3. The molecule has 0 aliphatic rings. The maximum absolute atomic E-state index is 9.36. The van der Waals surface area contributed by atoms with Gasteiger partial charge in [0.15, 0.2) is 0 Å². The quantitative estimate of drug-likeness (QED) is 0.880. The Morgan fingerprint density at radius 2 is 1.94 bits per heavy atom. The van der Waals surface area contributed by atoms with Crippen LogP contribution in [0, 0.1) is 6.92 Å². The molecule has 0 atom stereocenters. The van der Waals surface area contributed by atoms with Gasteiger partial charge in [0.25, 0.3) is 0 Å². The van der Waals surface area contributed by atoms with Crippen LogP contribution in [0.5, 0.6) is 0 Å². The second-order valence-electron chi connectivity index (χ2n) is 4.49. The van der Waals surface area contributed by atoms with Gasteiger partial charge in [0.2, 0.25) is 0 Å². The minimum Gasteiger partial charge on any atom is -0.390 e. The first-order chi connectivity index (χ1) is 8.76. The van der Waals surface area contributed by atoms with Gasteiger partial charge in [-0.3, -0.25) is 0 Å². The number of unbranched alkanes of at least 4 members (excludes halogenated alkanes) is 1. The van der Waals surface area contributed by atoms with Gasteiger partial charge in [-0.15, -0.1) is 5.10 Å². The molecule has 1 heterocycles. The molecule has 0 bridgehead atoms. The van der Waals surface area contributed by atoms with Gasteiger partial charge in [0.1, 0.15) is 5.69 Å². The third-order valence-corrected chi connectivity index (χ3v) is 3.00. The summed E-state index contributed by atoms with van der Waals surface area (Å²) in [6, 6.07) is 8.23. The summed E-state index contributed by atoms with van der Waals surface area (Å²) in [7, 11) is 0. The van der Waals surface area contributed by atoms with Gasteiger partial charge >= 0.3 is 0 Å². The van der Waals surface area contributed by atoms with Crippen molar-refractivity contribution in [2.75, 3.05) is 0 Å². The molecule has 1 aromatic carbocycles. The number of aryl methyl sites for hydroxylation is 2. The fraction of sp³-hybridized carbons (Fsp3) is 0.429. The van der Waals surface area contributed by atoms with Gasteiger partial charge < -0.3 is 5.11 Å². The summed E-state index contributed by atoms with van der Waals surface area (Å²) >= 11 is 0. The maximum Gasteiger partial charge on any atom is 0.116 e. The molecule has 0 radical (unpaired) electrons. The first kappa shape index (κ1) is 12.8. The van der Waals surface area contributed by atoms with E-state index in [4.69, 9.17) is 0 Å². The Hall–Kier alpha value is -1.68. The topological polar surface area (TPSA) is 50.9 Å². The highest BCUT2D eigenvalue weighted by molar-refractivity contribution is 5.62. The van der Waals surface area contributed by atoms with Crippen molar-refractivity contribution in [3.63, 3.8) is 0 Å². The summed E-state index contributed by atoms with van der Waals surface area (Å²) in [6.45, 7) is 4.97. The maximum atomic E-state index is 9.36. The molecule has 0 spiro atoms. The SMILES string of the molecule is CCCCn1nnc(CO)c1-c1ccc(C)cc1. The van der Waals surface area contributed by atoms with Crippen molar-refractivity contribution >= 4 is 0 Å². The van der Waals surface area contributed by atoms with E-state index in [1.165, 1.54) is 5.56 Å². The van der Waals surface area contributed by atoms with Crippen LogP contribution in [0.1, 0.15) is 31.0 Å². The fourth-order valence-corrected chi connectivity index (χ4v) is 1.95. The fourth-order valence-electron chi connectivity index (χ4n) is 1.95. The Morgan fingerprint density at radius 3 is 2.56 bits per heavy atom. The van der Waals surface area contributed by atoms with E-state index in [1.807, 2.05) is 4.68 Å². The Balaban J connectivity index is 2.39. The number of aliphatic hydroxyl groups is 1. The van der Waals surface area contributed by atoms with Gasteiger partial charge in [-0.2, -0.15) is 0 Å². The Labute approximate surface area is 107 Å². The second kappa shape index (κ2) is 5.78. The standard InChI is InChI=1S/C14H19N3O/c1-3-4-9-17-14(13(10-18)15-16-17)12-7-5-11(2)6-8-12/h5-8,18H,3-4,9-10H2,1-2H3. The van der Waals surface area contributed by atoms with Gasteiger partial charge in [0, 0.05) is 12.1 Å². The molecule has 0 fully saturated rings. The van der Waals surface area contributed by atoms with E-state index in [0.717, 1.165) is 30.6 Å². The van der Waals surface area contributed by atoms with E-state index >= 15 is 0 Å². The average molecular weight is 245 g/mol. The zero-order valence-electron chi connectivity index (χ0n) is 10.9. The van der Waals surface area contributed by atoms with Crippen molar-refractivity contribution in [1.82, 2.24) is 15.0 Å². The summed E-state index contributed by atoms with van der Waals surface area (Å²) < 4.78 is 1.89. The van der Waals surface area contributed by atoms with Crippen LogP contribution in [0.2, 0.25) is 0 Å². The van der Waals surface area contributed by atoms with E-state index in [-0.39, 0.29) is 6.61 Å². The summed E-state index contributed by atoms with van der Waals surface area (Å²) in [6.07, 6.45) is 2.18. The Morgan fingerprint density at radius 1 is 1.22 bits per heavy atom. The van der Waals surface area contributed by atoms with E-state index in [9.17, 15) is 5.11 Å². The molecule has 0 saturated carbocycles. The summed E-state index contributed by atoms with van der Waals surface area (Å²) in [5.41, 5.74) is 3.86. The van der Waals surface area contributed by atoms with Gasteiger partial charge in [0.05, 0.1) is 12.3 Å². The smallest absolute Gasteiger partial charge is 0.116 e. The lowest BCUT2D eigenvalue weighted by Crippen LogP contribution is -2.03. The monoisotopic (exact) mass is 245 g/mol. The number of hydrogen-bond acceptors (Lipinski definition) is 3. The van der Waals surface area contributed by atoms with Crippen LogP contribution in [0.4, 0.5) is 0 Å². The molecule has 0 aliphatic carbocycles. The molecule has 0 unspecified atom stereocenters. The highest BCUT2D eigenvalue weighted by Gasteiger charge is 2.13. The third-order valence-electron chi connectivity index (χ3n) is 3.00. The molecule has 0 aliphatic heterocycles. The molecule has 4 nitrogen and oxygen atoms in total. The predicted octanol–water partition coefficient (Wildman–Crippen LogP) is 2.55. The summed E-state index contributed by atoms with van der Waals surface area (Å²) in [5.74, 6) is 0. The first-order valence-corrected chi connectivity index (χ1v) is 6.36. The van der Waals surface area contributed by atoms with Crippen molar-refractivity contribution in [1.29, 1.82) is 0 Å². The Kier molecular flexibility index (Phi) is 4.10. The van der Waals surface area contributed by atoms with E-state index in [2.05, 4.69) is 48.4 Å². The van der Waals surface area contributed by atoms with Gasteiger partial charge in [-0.05, 0) is 13.3 Å². The highest BCUT2D eigenvalue weighted by Crippen LogP contribution is 2.23. The minimum absolute atomic E-state index is 0.0741. The lowest BCUT2D eigenvalue weighted by molar-refractivity contribution is 0.277. The van der Waals surface area contributed by atoms with Crippen LogP contribution in [-0.2, 0) is 13.2 Å². The zero-order valence-corrected chi connectivity index (χ0v) is 10.9. The zero-order chi connectivity index (χ0) is 13.0. The van der Waals surface area contributed by atoms with Gasteiger partial charge in [-0.1, -0.05) is 48.4 Å². The number of nitrogens with zero attached hydrogens (tertiary/aromatic N) is 3. The third kappa shape index (κ3) is 2.59. The molecule has 18 heavy (non-hydrogen) atoms. The predicted molar refractivity (Wildman–Crippen MR) is 71.0 cm³/mol. The first-order valence-electron chi connectivity index (χ1n) is 6.36. The van der Waals surface area contributed by atoms with Crippen LogP contribution in [0.15, 0.2) is 24.3 Å². The molecule has 1 N–H and O–H groups in total. The highest BCUT2D eigenvalue weighted by atomic mass is 16.3. The molecule has 1 aromatic heterocycles. The largest absolute Gasteiger partial charge is 0.390 e. The van der Waals surface area contributed by atoms with Crippen molar-refractivity contribution in [2.45, 2.75) is 39.8 Å². The molecule has 96 valence electrons. The molecule has 0 amide bonds. The number of hydrogen-bond donors (Lipinski definition) is 1. The van der Waals surface area contributed by atoms with Crippen molar-refractivity contribution < 1.29 is 5.11 Å². The molecule has 0 saturated heterocycles. The van der Waals surface area contributed by atoms with Gasteiger partial charge in [-0.25, -0.2) is 4.68 Å². The number of rotatable bonds is 5. The lowest BCUT2D eigenvalue weighted by Gasteiger charge is -2.07. The van der Waals surface area contributed by atoms with Crippen molar-refractivity contribution in [3.05, 3.63) is 35.5 Å². The van der Waals surface area contributed by atoms with Crippen LogP contribution in [-0.4, -0.2) is 20.1 Å². The molecular formula is C14H19N3O. The van der Waals surface area contributed by atoms with Crippen LogP contribution < -0.4 is 0 Å². The average Bonchev–Trinajstić information content (AvgIpc) is 2.80. The number of aliphatic hydroxyl groups excluding tert-OH is 1. The molecule has 4 heteroatoms.